The van der Waals surface area contributed by atoms with Crippen molar-refractivity contribution < 1.29 is 4.79 Å². The number of hydrazone groups is 1. The number of nitrogens with one attached hydrogen (secondary N) is 1. The fraction of sp³-hybridized carbons (Fsp3) is 0.0667. The van der Waals surface area contributed by atoms with Gasteiger partial charge in [-0.3, -0.25) is 4.79 Å². The van der Waals surface area contributed by atoms with E-state index in [9.17, 15) is 4.79 Å². The quantitative estimate of drug-likeness (QED) is 0.445. The molecule has 3 rings (SSSR count). The second-order valence-corrected chi connectivity index (χ2v) is 8.38. The normalized spacial score (nSPS) is 11.9. The molecule has 0 radical (unpaired) electrons. The van der Waals surface area contributed by atoms with Gasteiger partial charge in [0.15, 0.2) is 0 Å². The molecule has 1 aromatic carbocycles. The number of amides is 1. The second kappa shape index (κ2) is 6.50. The van der Waals surface area contributed by atoms with Gasteiger partial charge >= 0.3 is 0 Å². The minimum Gasteiger partial charge on any atom is -0.266 e. The predicted octanol–water partition coefficient (Wildman–Crippen LogP) is 5.53. The lowest BCUT2D eigenvalue weighted by Crippen LogP contribution is -2.18. The molecule has 1 N–H and O–H groups in total. The van der Waals surface area contributed by atoms with Crippen molar-refractivity contribution in [2.45, 2.75) is 6.92 Å². The molecule has 0 spiro atoms. The lowest BCUT2D eigenvalue weighted by Gasteiger charge is -1.99. The monoisotopic (exact) mass is 412 g/mol. The zero-order valence-corrected chi connectivity index (χ0v) is 15.4. The zero-order valence-electron chi connectivity index (χ0n) is 11.4. The summed E-state index contributed by atoms with van der Waals surface area (Å²) in [6.45, 7) is 1.85. The number of fused-ring (bicyclic) bond motifs is 1. The van der Waals surface area contributed by atoms with E-state index in [4.69, 9.17) is 11.6 Å². The number of benzene rings is 1. The van der Waals surface area contributed by atoms with Crippen molar-refractivity contribution in [3.8, 4) is 0 Å². The van der Waals surface area contributed by atoms with E-state index < -0.39 is 0 Å². The largest absolute Gasteiger partial charge is 0.283 e. The Morgan fingerprint density at radius 1 is 1.23 bits per heavy atom. The molecule has 112 valence electrons. The summed E-state index contributed by atoms with van der Waals surface area (Å²) in [6, 6.07) is 11.6. The van der Waals surface area contributed by atoms with E-state index in [1.165, 1.54) is 11.3 Å². The van der Waals surface area contributed by atoms with Crippen LogP contribution in [0.25, 0.3) is 10.1 Å². The van der Waals surface area contributed by atoms with E-state index in [1.54, 1.807) is 11.3 Å². The van der Waals surface area contributed by atoms with Crippen LogP contribution in [-0.2, 0) is 0 Å². The third-order valence-corrected chi connectivity index (χ3v) is 6.40. The molecule has 0 fully saturated rings. The van der Waals surface area contributed by atoms with Gasteiger partial charge in [0.2, 0.25) is 0 Å². The Labute approximate surface area is 148 Å². The van der Waals surface area contributed by atoms with Crippen LogP contribution in [0.4, 0.5) is 0 Å². The lowest BCUT2D eigenvalue weighted by molar-refractivity contribution is 0.0959. The molecule has 0 atom stereocenters. The van der Waals surface area contributed by atoms with Crippen LogP contribution in [0.2, 0.25) is 5.02 Å². The van der Waals surface area contributed by atoms with Crippen LogP contribution in [0.5, 0.6) is 0 Å². The topological polar surface area (TPSA) is 41.5 Å². The summed E-state index contributed by atoms with van der Waals surface area (Å²) < 4.78 is 2.01. The van der Waals surface area contributed by atoms with E-state index in [-0.39, 0.29) is 5.91 Å². The molecule has 2 aromatic heterocycles. The summed E-state index contributed by atoms with van der Waals surface area (Å²) in [4.78, 5) is 13.8. The number of rotatable bonds is 3. The molecule has 22 heavy (non-hydrogen) atoms. The maximum absolute atomic E-state index is 12.3. The molecule has 0 bridgehead atoms. The molecule has 0 saturated carbocycles. The molecule has 3 nitrogen and oxygen atoms in total. The Morgan fingerprint density at radius 3 is 2.68 bits per heavy atom. The summed E-state index contributed by atoms with van der Waals surface area (Å²) in [5.41, 5.74) is 3.33. The zero-order chi connectivity index (χ0) is 15.7. The molecule has 1 amide bonds. The van der Waals surface area contributed by atoms with Gasteiger partial charge in [0.05, 0.1) is 19.4 Å². The van der Waals surface area contributed by atoms with E-state index in [0.717, 1.165) is 24.5 Å². The van der Waals surface area contributed by atoms with E-state index in [1.807, 2.05) is 43.3 Å². The van der Waals surface area contributed by atoms with Crippen molar-refractivity contribution in [3.63, 3.8) is 0 Å². The number of hydrogen-bond acceptors (Lipinski definition) is 4. The molecule has 3 aromatic rings. The molecule has 0 unspecified atom stereocenters. The van der Waals surface area contributed by atoms with Gasteiger partial charge in [-0.25, -0.2) is 5.43 Å². The van der Waals surface area contributed by atoms with Crippen LogP contribution in [0.15, 0.2) is 45.3 Å². The fourth-order valence-electron chi connectivity index (χ4n) is 1.91. The molecular formula is C15H10BrClN2OS2. The molecule has 2 heterocycles. The average Bonchev–Trinajstić information content (AvgIpc) is 3.09. The van der Waals surface area contributed by atoms with Gasteiger partial charge in [0.1, 0.15) is 4.88 Å². The van der Waals surface area contributed by atoms with Crippen LogP contribution in [-0.4, -0.2) is 11.6 Å². The van der Waals surface area contributed by atoms with Gasteiger partial charge in [0, 0.05) is 10.1 Å². The van der Waals surface area contributed by atoms with Gasteiger partial charge in [0.25, 0.3) is 5.91 Å². The van der Waals surface area contributed by atoms with Crippen molar-refractivity contribution in [3.05, 3.63) is 55.0 Å². The minimum atomic E-state index is -0.291. The maximum atomic E-state index is 12.3. The van der Waals surface area contributed by atoms with Gasteiger partial charge < -0.3 is 0 Å². The fourth-order valence-corrected chi connectivity index (χ4v) is 4.65. The van der Waals surface area contributed by atoms with E-state index in [2.05, 4.69) is 26.5 Å². The summed E-state index contributed by atoms with van der Waals surface area (Å²) in [6.07, 6.45) is 0. The number of nitrogens with zero attached hydrogens (tertiary/aromatic N) is 1. The maximum Gasteiger partial charge on any atom is 0.283 e. The first-order chi connectivity index (χ1) is 10.6. The van der Waals surface area contributed by atoms with Crippen molar-refractivity contribution in [1.29, 1.82) is 0 Å². The highest BCUT2D eigenvalue weighted by Crippen LogP contribution is 2.35. The highest BCUT2D eigenvalue weighted by atomic mass is 79.9. The third-order valence-electron chi connectivity index (χ3n) is 3.00. The summed E-state index contributed by atoms with van der Waals surface area (Å²) in [7, 11) is 0. The molecule has 7 heteroatoms. The SMILES string of the molecule is CC(=NNC(=O)c1sc2ccccc2c1Cl)c1ccc(Br)s1. The first kappa shape index (κ1) is 15.7. The number of carbonyl (C=O) groups excluding carboxylic acids is 1. The van der Waals surface area contributed by atoms with Crippen LogP contribution in [0.3, 0.4) is 0 Å². The summed E-state index contributed by atoms with van der Waals surface area (Å²) >= 11 is 12.6. The molecular weight excluding hydrogens is 404 g/mol. The van der Waals surface area contributed by atoms with Crippen molar-refractivity contribution in [2.24, 2.45) is 5.10 Å². The van der Waals surface area contributed by atoms with Crippen LogP contribution in [0.1, 0.15) is 21.5 Å². The Kier molecular flexibility index (Phi) is 4.63. The lowest BCUT2D eigenvalue weighted by atomic mass is 10.2. The van der Waals surface area contributed by atoms with Crippen LogP contribution >= 0.6 is 50.2 Å². The van der Waals surface area contributed by atoms with Crippen molar-refractivity contribution in [1.82, 2.24) is 5.43 Å². The Balaban J connectivity index is 1.83. The standard InChI is InChI=1S/C15H10BrClN2OS2/c1-8(10-6-7-12(16)21-10)18-19-15(20)14-13(17)9-4-2-3-5-11(9)22-14/h2-7H,1H3,(H,19,20). The highest BCUT2D eigenvalue weighted by molar-refractivity contribution is 9.11. The Bertz CT molecular complexity index is 885. The number of carbonyl (C=O) groups is 1. The molecule has 0 aliphatic rings. The number of hydrogen-bond donors (Lipinski definition) is 1. The van der Waals surface area contributed by atoms with Gasteiger partial charge in [-0.15, -0.1) is 22.7 Å². The van der Waals surface area contributed by atoms with Crippen molar-refractivity contribution in [2.75, 3.05) is 0 Å². The molecule has 0 aliphatic carbocycles. The highest BCUT2D eigenvalue weighted by Gasteiger charge is 2.16. The minimum absolute atomic E-state index is 0.291. The Morgan fingerprint density at radius 2 is 2.00 bits per heavy atom. The van der Waals surface area contributed by atoms with Gasteiger partial charge in [-0.1, -0.05) is 29.8 Å². The first-order valence-electron chi connectivity index (χ1n) is 6.33. The van der Waals surface area contributed by atoms with Crippen molar-refractivity contribution >= 4 is 71.9 Å². The molecule has 0 aliphatic heterocycles. The summed E-state index contributed by atoms with van der Waals surface area (Å²) in [5.74, 6) is -0.291. The van der Waals surface area contributed by atoms with Gasteiger partial charge in [-0.2, -0.15) is 5.10 Å². The predicted molar refractivity (Wildman–Crippen MR) is 98.5 cm³/mol. The van der Waals surface area contributed by atoms with Crippen LogP contribution < -0.4 is 5.43 Å². The second-order valence-electron chi connectivity index (χ2n) is 4.48. The van der Waals surface area contributed by atoms with E-state index in [0.29, 0.717) is 9.90 Å². The smallest absolute Gasteiger partial charge is 0.266 e. The van der Waals surface area contributed by atoms with Crippen LogP contribution in [0, 0.1) is 0 Å². The van der Waals surface area contributed by atoms with Gasteiger partial charge in [-0.05, 0) is 41.1 Å². The number of halogens is 2. The summed E-state index contributed by atoms with van der Waals surface area (Å²) in [5, 5.41) is 5.52. The third kappa shape index (κ3) is 3.10. The van der Waals surface area contributed by atoms with E-state index >= 15 is 0 Å². The Hall–Kier alpha value is -1.21. The number of thiophene rings is 2. The first-order valence-corrected chi connectivity index (χ1v) is 9.14. The molecule has 0 saturated heterocycles. The average molecular weight is 414 g/mol.